The van der Waals surface area contributed by atoms with Gasteiger partial charge in [0.1, 0.15) is 5.71 Å². The molecule has 0 atom stereocenters. The largest absolute Gasteiger partial charge is 0.410 e. The molecule has 6 rings (SSSR count). The van der Waals surface area contributed by atoms with Gasteiger partial charge in [-0.2, -0.15) is 4.31 Å². The van der Waals surface area contributed by atoms with E-state index in [1.165, 1.54) is 16.4 Å². The van der Waals surface area contributed by atoms with Crippen LogP contribution in [0.5, 0.6) is 0 Å². The van der Waals surface area contributed by atoms with Crippen molar-refractivity contribution in [2.45, 2.75) is 61.1 Å². The Morgan fingerprint density at radius 1 is 0.870 bits per heavy atom. The van der Waals surface area contributed by atoms with Crippen molar-refractivity contribution in [3.05, 3.63) is 77.1 Å². The van der Waals surface area contributed by atoms with Crippen LogP contribution in [0.25, 0.3) is 11.1 Å². The van der Waals surface area contributed by atoms with E-state index in [0.29, 0.717) is 66.0 Å². The molecule has 246 valence electrons. The van der Waals surface area contributed by atoms with E-state index in [9.17, 15) is 22.0 Å². The molecule has 12 heteroatoms. The van der Waals surface area contributed by atoms with Gasteiger partial charge >= 0.3 is 0 Å². The van der Waals surface area contributed by atoms with Crippen LogP contribution in [0.4, 0.5) is 10.1 Å². The van der Waals surface area contributed by atoms with E-state index < -0.39 is 25.1 Å². The molecule has 0 radical (unpaired) electrons. The average Bonchev–Trinajstić information content (AvgIpc) is 3.34. The molecule has 1 N–H and O–H groups in total. The zero-order chi connectivity index (χ0) is 33.0. The zero-order valence-corrected chi connectivity index (χ0v) is 28.3. The number of sulfone groups is 1. The summed E-state index contributed by atoms with van der Waals surface area (Å²) >= 11 is 0. The second-order valence-corrected chi connectivity index (χ2v) is 17.8. The first-order valence-corrected chi connectivity index (χ1v) is 18.6. The van der Waals surface area contributed by atoms with Crippen molar-refractivity contribution >= 4 is 31.3 Å². The molecule has 3 aliphatic rings. The van der Waals surface area contributed by atoms with Gasteiger partial charge in [0, 0.05) is 49.4 Å². The van der Waals surface area contributed by atoms with Crippen LogP contribution in [0.15, 0.2) is 69.5 Å². The Labute approximate surface area is 271 Å². The number of rotatable bonds is 7. The number of piperazine rings is 1. The summed E-state index contributed by atoms with van der Waals surface area (Å²) in [5.41, 5.74) is 3.55. The van der Waals surface area contributed by atoms with E-state index in [4.69, 9.17) is 0 Å². The first-order valence-electron chi connectivity index (χ1n) is 15.7. The number of hydrogen-bond acceptors (Lipinski definition) is 8. The predicted octanol–water partition coefficient (Wildman–Crippen LogP) is 5.35. The first kappa shape index (κ1) is 32.6. The summed E-state index contributed by atoms with van der Waals surface area (Å²) in [6.45, 7) is 5.80. The van der Waals surface area contributed by atoms with Crippen LogP contribution in [0.2, 0.25) is 0 Å². The average molecular weight is 669 g/mol. The van der Waals surface area contributed by atoms with Gasteiger partial charge < -0.3 is 15.0 Å². The lowest BCUT2D eigenvalue weighted by atomic mass is 9.77. The van der Waals surface area contributed by atoms with E-state index >= 15 is 4.39 Å². The van der Waals surface area contributed by atoms with Crippen LogP contribution in [0.1, 0.15) is 56.2 Å². The number of nitrogens with zero attached hydrogens (tertiary/aromatic N) is 4. The van der Waals surface area contributed by atoms with Gasteiger partial charge in [-0.15, -0.1) is 0 Å². The van der Waals surface area contributed by atoms with Gasteiger partial charge in [-0.3, -0.25) is 0 Å². The molecule has 0 spiro atoms. The summed E-state index contributed by atoms with van der Waals surface area (Å²) in [5.74, 6) is -0.292. The molecule has 46 heavy (non-hydrogen) atoms. The lowest BCUT2D eigenvalue weighted by molar-refractivity contribution is 0.246. The molecule has 3 aromatic carbocycles. The highest BCUT2D eigenvalue weighted by Gasteiger charge is 2.37. The maximum atomic E-state index is 15.3. The van der Waals surface area contributed by atoms with Crippen molar-refractivity contribution < 1.29 is 26.4 Å². The summed E-state index contributed by atoms with van der Waals surface area (Å²) in [7, 11) is -3.77. The first-order chi connectivity index (χ1) is 21.7. The number of hydrogen-bond donors (Lipinski definition) is 1. The van der Waals surface area contributed by atoms with Crippen LogP contribution in [0.3, 0.4) is 0 Å². The number of halogens is 1. The molecule has 1 aliphatic heterocycles. The van der Waals surface area contributed by atoms with Crippen molar-refractivity contribution in [3.63, 3.8) is 0 Å². The van der Waals surface area contributed by atoms with Gasteiger partial charge in [0.15, 0.2) is 15.7 Å². The van der Waals surface area contributed by atoms with Crippen molar-refractivity contribution in [1.82, 2.24) is 9.21 Å². The van der Waals surface area contributed by atoms with Crippen LogP contribution in [-0.2, 0) is 26.4 Å². The minimum Gasteiger partial charge on any atom is -0.410 e. The molecule has 9 nitrogen and oxygen atoms in total. The highest BCUT2D eigenvalue weighted by molar-refractivity contribution is 7.92. The van der Waals surface area contributed by atoms with Gasteiger partial charge in [0.2, 0.25) is 10.0 Å². The molecule has 0 amide bonds. The second-order valence-electron chi connectivity index (χ2n) is 13.7. The van der Waals surface area contributed by atoms with Gasteiger partial charge in [-0.05, 0) is 86.7 Å². The van der Waals surface area contributed by atoms with E-state index in [1.807, 2.05) is 30.0 Å². The van der Waals surface area contributed by atoms with Crippen molar-refractivity contribution in [2.24, 2.45) is 10.6 Å². The van der Waals surface area contributed by atoms with Gasteiger partial charge in [-0.1, -0.05) is 43.3 Å². The quantitative estimate of drug-likeness (QED) is 0.209. The topological polar surface area (TPSA) is 111 Å². The van der Waals surface area contributed by atoms with Crippen molar-refractivity contribution in [3.8, 4) is 11.1 Å². The van der Waals surface area contributed by atoms with E-state index in [1.54, 1.807) is 36.4 Å². The Hall–Kier alpha value is -3.32. The lowest BCUT2D eigenvalue weighted by Gasteiger charge is -2.35. The lowest BCUT2D eigenvalue weighted by Crippen LogP contribution is -2.49. The molecule has 2 aliphatic carbocycles. The SMILES string of the molecule is CN(C)Cc1cccc(N2CCN(S(=O)(=O)c3ccc4c(c3)/C(=N/O)c3cc(S(=O)(=O)C5CCC(C)(C)CC5)ccc3-4)CC2)c1F. The Morgan fingerprint density at radius 3 is 2.04 bits per heavy atom. The number of fused-ring (bicyclic) bond motifs is 3. The molecular formula is C34H41FN4O5S2. The minimum atomic E-state index is -3.92. The molecule has 2 fully saturated rings. The minimum absolute atomic E-state index is 0.0467. The molecule has 0 aromatic heterocycles. The van der Waals surface area contributed by atoms with Gasteiger partial charge in [0.05, 0.1) is 20.7 Å². The number of anilines is 1. The van der Waals surface area contributed by atoms with Crippen LogP contribution < -0.4 is 4.90 Å². The monoisotopic (exact) mass is 668 g/mol. The van der Waals surface area contributed by atoms with Crippen molar-refractivity contribution in [1.29, 1.82) is 0 Å². The third-order valence-corrected chi connectivity index (χ3v) is 13.9. The normalized spacial score (nSPS) is 19.9. The summed E-state index contributed by atoms with van der Waals surface area (Å²) in [5, 5.41) is 13.1. The van der Waals surface area contributed by atoms with Gasteiger partial charge in [0.25, 0.3) is 0 Å². The predicted molar refractivity (Wildman–Crippen MR) is 177 cm³/mol. The summed E-state index contributed by atoms with van der Waals surface area (Å²) in [6, 6.07) is 14.9. The molecule has 0 bridgehead atoms. The zero-order valence-electron chi connectivity index (χ0n) is 26.7. The Kier molecular flexibility index (Phi) is 8.54. The van der Waals surface area contributed by atoms with Crippen molar-refractivity contribution in [2.75, 3.05) is 45.2 Å². The Balaban J connectivity index is 1.22. The van der Waals surface area contributed by atoms with Gasteiger partial charge in [-0.25, -0.2) is 21.2 Å². The molecule has 1 saturated carbocycles. The number of oxime groups is 1. The highest BCUT2D eigenvalue weighted by Crippen LogP contribution is 2.42. The van der Waals surface area contributed by atoms with Crippen LogP contribution in [0, 0.1) is 11.2 Å². The van der Waals surface area contributed by atoms with E-state index in [2.05, 4.69) is 19.0 Å². The molecule has 0 unspecified atom stereocenters. The standard InChI is InChI=1S/C34H41FN4O5S2/c1-34(2)14-12-24(13-15-34)45(41,42)25-8-10-27-28-11-9-26(21-30(28)33(36-40)29(27)20-25)46(43,44)39-18-16-38(17-19-39)31-7-5-6-23(32(31)35)22-37(3)4/h5-11,20-21,24,40H,12-19,22H2,1-4H3/b36-33+. The fourth-order valence-electron chi connectivity index (χ4n) is 6.97. The van der Waals surface area contributed by atoms with Crippen LogP contribution in [-0.4, -0.2) is 82.5 Å². The summed E-state index contributed by atoms with van der Waals surface area (Å²) in [4.78, 5) is 3.99. The van der Waals surface area contributed by atoms with E-state index in [0.717, 1.165) is 12.8 Å². The third-order valence-electron chi connectivity index (χ3n) is 9.70. The maximum Gasteiger partial charge on any atom is 0.243 e. The summed E-state index contributed by atoms with van der Waals surface area (Å²) < 4.78 is 71.5. The number of benzene rings is 3. The second kappa shape index (κ2) is 12.0. The summed E-state index contributed by atoms with van der Waals surface area (Å²) in [6.07, 6.45) is 2.87. The third kappa shape index (κ3) is 5.85. The molecule has 3 aromatic rings. The molecule has 1 saturated heterocycles. The Bertz CT molecular complexity index is 1910. The van der Waals surface area contributed by atoms with E-state index in [-0.39, 0.29) is 39.8 Å². The highest BCUT2D eigenvalue weighted by atomic mass is 32.2. The van der Waals surface area contributed by atoms with Crippen LogP contribution >= 0.6 is 0 Å². The molecular weight excluding hydrogens is 628 g/mol. The molecule has 1 heterocycles. The smallest absolute Gasteiger partial charge is 0.243 e. The maximum absolute atomic E-state index is 15.3. The number of sulfonamides is 1. The Morgan fingerprint density at radius 2 is 1.46 bits per heavy atom. The fraction of sp³-hybridized carbons (Fsp3) is 0.441. The fourth-order valence-corrected chi connectivity index (χ4v) is 10.2.